The summed E-state index contributed by atoms with van der Waals surface area (Å²) in [5.74, 6) is 0.445. The molecular formula is C13H18BrNO2S. The SMILES string of the molecule is Cc1ccc(Br)cc1S(=O)(=O)N1CCCC(C)C1. The van der Waals surface area contributed by atoms with Crippen LogP contribution in [0.5, 0.6) is 0 Å². The molecule has 0 aliphatic carbocycles. The number of aryl methyl sites for hydroxylation is 1. The molecule has 5 heteroatoms. The van der Waals surface area contributed by atoms with E-state index in [1.165, 1.54) is 0 Å². The molecule has 1 fully saturated rings. The number of piperidine rings is 1. The zero-order valence-electron chi connectivity index (χ0n) is 10.7. The van der Waals surface area contributed by atoms with Crippen molar-refractivity contribution in [1.82, 2.24) is 4.31 Å². The average molecular weight is 332 g/mol. The van der Waals surface area contributed by atoms with Crippen LogP contribution in [0.1, 0.15) is 25.3 Å². The van der Waals surface area contributed by atoms with Crippen LogP contribution in [0.2, 0.25) is 0 Å². The molecule has 1 unspecified atom stereocenters. The van der Waals surface area contributed by atoms with Crippen molar-refractivity contribution in [1.29, 1.82) is 0 Å². The highest BCUT2D eigenvalue weighted by Gasteiger charge is 2.29. The Hall–Kier alpha value is -0.390. The lowest BCUT2D eigenvalue weighted by Crippen LogP contribution is -2.39. The van der Waals surface area contributed by atoms with Gasteiger partial charge in [0.05, 0.1) is 4.90 Å². The van der Waals surface area contributed by atoms with Crippen molar-refractivity contribution in [2.45, 2.75) is 31.6 Å². The second kappa shape index (κ2) is 5.31. The zero-order chi connectivity index (χ0) is 13.3. The van der Waals surface area contributed by atoms with E-state index in [-0.39, 0.29) is 0 Å². The molecule has 1 aromatic carbocycles. The van der Waals surface area contributed by atoms with Crippen LogP contribution in [0.15, 0.2) is 27.6 Å². The van der Waals surface area contributed by atoms with E-state index >= 15 is 0 Å². The number of rotatable bonds is 2. The van der Waals surface area contributed by atoms with Crippen molar-refractivity contribution >= 4 is 26.0 Å². The molecule has 0 spiro atoms. The van der Waals surface area contributed by atoms with Crippen molar-refractivity contribution in [3.05, 3.63) is 28.2 Å². The highest BCUT2D eigenvalue weighted by Crippen LogP contribution is 2.27. The van der Waals surface area contributed by atoms with E-state index in [0.29, 0.717) is 23.9 Å². The van der Waals surface area contributed by atoms with Crippen LogP contribution in [0.4, 0.5) is 0 Å². The summed E-state index contributed by atoms with van der Waals surface area (Å²) in [6, 6.07) is 5.40. The molecule has 0 bridgehead atoms. The predicted molar refractivity (Wildman–Crippen MR) is 76.0 cm³/mol. The van der Waals surface area contributed by atoms with Crippen LogP contribution in [-0.2, 0) is 10.0 Å². The van der Waals surface area contributed by atoms with Crippen molar-refractivity contribution in [3.8, 4) is 0 Å². The Labute approximate surface area is 117 Å². The maximum atomic E-state index is 12.6. The van der Waals surface area contributed by atoms with Gasteiger partial charge in [-0.3, -0.25) is 0 Å². The van der Waals surface area contributed by atoms with Crippen LogP contribution in [0.3, 0.4) is 0 Å². The first-order valence-corrected chi connectivity index (χ1v) is 8.41. The summed E-state index contributed by atoms with van der Waals surface area (Å²) < 4.78 is 27.6. The average Bonchev–Trinajstić information content (AvgIpc) is 2.32. The molecular weight excluding hydrogens is 314 g/mol. The Kier molecular flexibility index (Phi) is 4.14. The lowest BCUT2D eigenvalue weighted by molar-refractivity contribution is 0.281. The summed E-state index contributed by atoms with van der Waals surface area (Å²) in [7, 11) is -3.34. The number of nitrogens with zero attached hydrogens (tertiary/aromatic N) is 1. The Morgan fingerprint density at radius 3 is 2.78 bits per heavy atom. The first kappa shape index (κ1) is 14.0. The molecule has 3 nitrogen and oxygen atoms in total. The molecule has 1 aliphatic heterocycles. The van der Waals surface area contributed by atoms with Gasteiger partial charge in [-0.15, -0.1) is 0 Å². The number of benzene rings is 1. The lowest BCUT2D eigenvalue weighted by Gasteiger charge is -2.30. The van der Waals surface area contributed by atoms with Gasteiger partial charge in [0.2, 0.25) is 10.0 Å². The minimum atomic E-state index is -3.34. The van der Waals surface area contributed by atoms with E-state index in [1.54, 1.807) is 10.4 Å². The summed E-state index contributed by atoms with van der Waals surface area (Å²) in [6.07, 6.45) is 2.07. The molecule has 1 atom stereocenters. The zero-order valence-corrected chi connectivity index (χ0v) is 13.1. The van der Waals surface area contributed by atoms with Gasteiger partial charge in [0.25, 0.3) is 0 Å². The normalized spacial score (nSPS) is 22.1. The smallest absolute Gasteiger partial charge is 0.207 e. The number of hydrogen-bond donors (Lipinski definition) is 0. The van der Waals surface area contributed by atoms with E-state index < -0.39 is 10.0 Å². The molecule has 1 aromatic rings. The fraction of sp³-hybridized carbons (Fsp3) is 0.538. The Morgan fingerprint density at radius 1 is 1.39 bits per heavy atom. The summed E-state index contributed by atoms with van der Waals surface area (Å²) >= 11 is 3.34. The highest BCUT2D eigenvalue weighted by atomic mass is 79.9. The molecule has 18 heavy (non-hydrogen) atoms. The molecule has 1 heterocycles. The molecule has 0 N–H and O–H groups in total. The third-order valence-corrected chi connectivity index (χ3v) is 5.89. The van der Waals surface area contributed by atoms with Crippen LogP contribution in [0.25, 0.3) is 0 Å². The summed E-state index contributed by atoms with van der Waals surface area (Å²) in [4.78, 5) is 0.422. The van der Waals surface area contributed by atoms with Gasteiger partial charge in [0.15, 0.2) is 0 Å². The van der Waals surface area contributed by atoms with Gasteiger partial charge in [-0.25, -0.2) is 8.42 Å². The van der Waals surface area contributed by atoms with Crippen LogP contribution in [0, 0.1) is 12.8 Å². The minimum Gasteiger partial charge on any atom is -0.207 e. The van der Waals surface area contributed by atoms with E-state index in [0.717, 1.165) is 22.9 Å². The van der Waals surface area contributed by atoms with Gasteiger partial charge in [-0.05, 0) is 43.4 Å². The van der Waals surface area contributed by atoms with Crippen LogP contribution >= 0.6 is 15.9 Å². The monoisotopic (exact) mass is 331 g/mol. The van der Waals surface area contributed by atoms with Crippen molar-refractivity contribution in [3.63, 3.8) is 0 Å². The Balaban J connectivity index is 2.38. The second-order valence-corrected chi connectivity index (χ2v) is 7.84. The van der Waals surface area contributed by atoms with Gasteiger partial charge in [0.1, 0.15) is 0 Å². The number of hydrogen-bond acceptors (Lipinski definition) is 2. The first-order valence-electron chi connectivity index (χ1n) is 6.17. The third kappa shape index (κ3) is 2.78. The van der Waals surface area contributed by atoms with E-state index in [2.05, 4.69) is 22.9 Å². The van der Waals surface area contributed by atoms with Crippen molar-refractivity contribution in [2.75, 3.05) is 13.1 Å². The predicted octanol–water partition coefficient (Wildman–Crippen LogP) is 3.18. The maximum Gasteiger partial charge on any atom is 0.243 e. The molecule has 0 saturated carbocycles. The quantitative estimate of drug-likeness (QED) is 0.834. The largest absolute Gasteiger partial charge is 0.243 e. The van der Waals surface area contributed by atoms with Gasteiger partial charge < -0.3 is 0 Å². The molecule has 1 aliphatic rings. The lowest BCUT2D eigenvalue weighted by atomic mass is 10.0. The first-order chi connectivity index (χ1) is 8.41. The standard InChI is InChI=1S/C13H18BrNO2S/c1-10-4-3-7-15(9-10)18(16,17)13-8-12(14)6-5-11(13)2/h5-6,8,10H,3-4,7,9H2,1-2H3. The maximum absolute atomic E-state index is 12.6. The summed E-state index contributed by atoms with van der Waals surface area (Å²) in [6.45, 7) is 5.22. The Morgan fingerprint density at radius 2 is 2.11 bits per heavy atom. The molecule has 0 aromatic heterocycles. The fourth-order valence-corrected chi connectivity index (χ4v) is 4.72. The van der Waals surface area contributed by atoms with Crippen molar-refractivity contribution < 1.29 is 8.42 Å². The Bertz CT molecular complexity index is 542. The highest BCUT2D eigenvalue weighted by molar-refractivity contribution is 9.10. The topological polar surface area (TPSA) is 37.4 Å². The molecule has 0 radical (unpaired) electrons. The van der Waals surface area contributed by atoms with Gasteiger partial charge >= 0.3 is 0 Å². The molecule has 0 amide bonds. The molecule has 2 rings (SSSR count). The van der Waals surface area contributed by atoms with Crippen molar-refractivity contribution in [2.24, 2.45) is 5.92 Å². The van der Waals surface area contributed by atoms with E-state index in [4.69, 9.17) is 0 Å². The fourth-order valence-electron chi connectivity index (χ4n) is 2.36. The van der Waals surface area contributed by atoms with Crippen LogP contribution in [-0.4, -0.2) is 25.8 Å². The minimum absolute atomic E-state index is 0.422. The molecule has 100 valence electrons. The van der Waals surface area contributed by atoms with Gasteiger partial charge in [-0.1, -0.05) is 28.9 Å². The third-order valence-electron chi connectivity index (χ3n) is 3.39. The van der Waals surface area contributed by atoms with Crippen LogP contribution < -0.4 is 0 Å². The molecule has 1 saturated heterocycles. The summed E-state index contributed by atoms with van der Waals surface area (Å²) in [5, 5.41) is 0. The van der Waals surface area contributed by atoms with Gasteiger partial charge in [0, 0.05) is 17.6 Å². The number of halogens is 1. The van der Waals surface area contributed by atoms with Gasteiger partial charge in [-0.2, -0.15) is 4.31 Å². The number of sulfonamides is 1. The second-order valence-electron chi connectivity index (χ2n) is 5.02. The van der Waals surface area contributed by atoms with E-state index in [9.17, 15) is 8.42 Å². The van der Waals surface area contributed by atoms with E-state index in [1.807, 2.05) is 19.1 Å². The summed E-state index contributed by atoms with van der Waals surface area (Å²) in [5.41, 5.74) is 0.802.